The van der Waals surface area contributed by atoms with Crippen LogP contribution in [-0.2, 0) is 9.53 Å². The number of aromatic amines is 1. The van der Waals surface area contributed by atoms with Crippen molar-refractivity contribution in [2.75, 3.05) is 61.8 Å². The fourth-order valence-electron chi connectivity index (χ4n) is 6.26. The number of hydrogen-bond acceptors (Lipinski definition) is 9. The van der Waals surface area contributed by atoms with Crippen molar-refractivity contribution in [1.29, 1.82) is 0 Å². The summed E-state index contributed by atoms with van der Waals surface area (Å²) in [4.78, 5) is 37.3. The summed E-state index contributed by atoms with van der Waals surface area (Å²) in [5, 5.41) is 17.9. The summed E-state index contributed by atoms with van der Waals surface area (Å²) in [5.74, 6) is 1.86. The highest BCUT2D eigenvalue weighted by molar-refractivity contribution is 5.95. The lowest BCUT2D eigenvalue weighted by molar-refractivity contribution is -0.117. The lowest BCUT2D eigenvalue weighted by Crippen LogP contribution is -2.46. The molecule has 43 heavy (non-hydrogen) atoms. The zero-order valence-corrected chi connectivity index (χ0v) is 25.1. The SMILES string of the molecule is CC1CCN(CC(=O)Nc2ccc(Nc3ccc4[nH]ncc4c3)nc2N2CCC[C@@H]2OC(=O)N(C)C2CCNCC2)CC1. The quantitative estimate of drug-likeness (QED) is 0.307. The summed E-state index contributed by atoms with van der Waals surface area (Å²) in [5.41, 5.74) is 2.44. The van der Waals surface area contributed by atoms with Gasteiger partial charge < -0.3 is 30.5 Å². The number of piperidine rings is 2. The molecule has 4 N–H and O–H groups in total. The number of nitrogens with zero attached hydrogens (tertiary/aromatic N) is 5. The Morgan fingerprint density at radius 3 is 2.70 bits per heavy atom. The molecule has 3 saturated heterocycles. The number of rotatable bonds is 8. The average Bonchev–Trinajstić information content (AvgIpc) is 3.68. The van der Waals surface area contributed by atoms with Gasteiger partial charge in [0, 0.05) is 37.1 Å². The van der Waals surface area contributed by atoms with Gasteiger partial charge in [0.15, 0.2) is 12.0 Å². The number of hydrogen-bond donors (Lipinski definition) is 4. The number of fused-ring (bicyclic) bond motifs is 1. The van der Waals surface area contributed by atoms with Gasteiger partial charge in [-0.2, -0.15) is 5.10 Å². The van der Waals surface area contributed by atoms with E-state index in [0.717, 1.165) is 74.9 Å². The molecule has 2 amide bonds. The van der Waals surface area contributed by atoms with Crippen molar-refractivity contribution in [2.45, 2.75) is 57.7 Å². The van der Waals surface area contributed by atoms with Crippen LogP contribution in [0.3, 0.4) is 0 Å². The fraction of sp³-hybridized carbons (Fsp3) is 0.548. The van der Waals surface area contributed by atoms with Crippen LogP contribution in [0.25, 0.3) is 10.9 Å². The molecule has 3 fully saturated rings. The Kier molecular flexibility index (Phi) is 8.94. The third-order valence-corrected chi connectivity index (χ3v) is 8.96. The Morgan fingerprint density at radius 1 is 1.07 bits per heavy atom. The molecule has 1 atom stereocenters. The summed E-state index contributed by atoms with van der Waals surface area (Å²) < 4.78 is 6.08. The number of amides is 2. The molecule has 5 heterocycles. The third kappa shape index (κ3) is 7.02. The zero-order valence-electron chi connectivity index (χ0n) is 25.1. The number of pyridine rings is 1. The molecule has 3 aliphatic heterocycles. The van der Waals surface area contributed by atoms with E-state index in [-0.39, 0.29) is 18.0 Å². The molecule has 0 aliphatic carbocycles. The molecular weight excluding hydrogens is 546 g/mol. The molecule has 1 aromatic carbocycles. The number of anilines is 4. The van der Waals surface area contributed by atoms with Gasteiger partial charge in [-0.1, -0.05) is 6.92 Å². The monoisotopic (exact) mass is 589 g/mol. The number of carbonyl (C=O) groups excluding carboxylic acids is 2. The predicted molar refractivity (Wildman–Crippen MR) is 168 cm³/mol. The largest absolute Gasteiger partial charge is 0.425 e. The van der Waals surface area contributed by atoms with Crippen molar-refractivity contribution in [3.63, 3.8) is 0 Å². The van der Waals surface area contributed by atoms with Crippen LogP contribution in [0, 0.1) is 5.92 Å². The fourth-order valence-corrected chi connectivity index (χ4v) is 6.26. The van der Waals surface area contributed by atoms with Gasteiger partial charge in [0.25, 0.3) is 0 Å². The minimum atomic E-state index is -0.471. The molecule has 230 valence electrons. The van der Waals surface area contributed by atoms with Crippen LogP contribution in [0.1, 0.15) is 45.4 Å². The van der Waals surface area contributed by atoms with Gasteiger partial charge in [-0.3, -0.25) is 14.8 Å². The predicted octanol–water partition coefficient (Wildman–Crippen LogP) is 4.12. The van der Waals surface area contributed by atoms with Crippen molar-refractivity contribution in [3.8, 4) is 0 Å². The van der Waals surface area contributed by atoms with Crippen LogP contribution >= 0.6 is 0 Å². The number of H-pyrrole nitrogens is 1. The van der Waals surface area contributed by atoms with E-state index in [2.05, 4.69) is 38.0 Å². The van der Waals surface area contributed by atoms with Gasteiger partial charge in [-0.05, 0) is 94.5 Å². The van der Waals surface area contributed by atoms with E-state index in [1.165, 1.54) is 0 Å². The summed E-state index contributed by atoms with van der Waals surface area (Å²) >= 11 is 0. The van der Waals surface area contributed by atoms with E-state index in [9.17, 15) is 9.59 Å². The Bertz CT molecular complexity index is 1410. The zero-order chi connectivity index (χ0) is 29.8. The third-order valence-electron chi connectivity index (χ3n) is 8.96. The Labute approximate surface area is 252 Å². The highest BCUT2D eigenvalue weighted by Crippen LogP contribution is 2.34. The topological polar surface area (TPSA) is 131 Å². The van der Waals surface area contributed by atoms with Gasteiger partial charge >= 0.3 is 6.09 Å². The van der Waals surface area contributed by atoms with E-state index in [1.807, 2.05) is 42.3 Å². The van der Waals surface area contributed by atoms with E-state index in [0.29, 0.717) is 42.8 Å². The van der Waals surface area contributed by atoms with Crippen LogP contribution in [0.2, 0.25) is 0 Å². The van der Waals surface area contributed by atoms with Crippen molar-refractivity contribution >= 4 is 45.9 Å². The number of likely N-dealkylation sites (tertiary alicyclic amines) is 1. The van der Waals surface area contributed by atoms with Crippen LogP contribution in [-0.4, -0.2) is 95.6 Å². The van der Waals surface area contributed by atoms with Crippen molar-refractivity contribution in [1.82, 2.24) is 30.3 Å². The molecule has 0 spiro atoms. The van der Waals surface area contributed by atoms with Crippen molar-refractivity contribution in [3.05, 3.63) is 36.5 Å². The number of carbonyl (C=O) groups is 2. The summed E-state index contributed by atoms with van der Waals surface area (Å²) in [6.45, 7) is 6.93. The van der Waals surface area contributed by atoms with Crippen LogP contribution in [0.5, 0.6) is 0 Å². The molecule has 0 bridgehead atoms. The van der Waals surface area contributed by atoms with Gasteiger partial charge in [-0.15, -0.1) is 0 Å². The first-order valence-corrected chi connectivity index (χ1v) is 15.6. The smallest absolute Gasteiger partial charge is 0.411 e. The molecule has 12 nitrogen and oxygen atoms in total. The van der Waals surface area contributed by atoms with Gasteiger partial charge in [0.05, 0.1) is 23.9 Å². The molecule has 0 unspecified atom stereocenters. The molecule has 2 aromatic heterocycles. The average molecular weight is 590 g/mol. The van der Waals surface area contributed by atoms with Gasteiger partial charge in [-0.25, -0.2) is 9.78 Å². The maximum atomic E-state index is 13.2. The molecule has 3 aliphatic rings. The Morgan fingerprint density at radius 2 is 1.88 bits per heavy atom. The first-order chi connectivity index (χ1) is 20.9. The Balaban J connectivity index is 1.21. The summed E-state index contributed by atoms with van der Waals surface area (Å²) in [6, 6.07) is 9.85. The maximum absolute atomic E-state index is 13.2. The molecule has 0 saturated carbocycles. The maximum Gasteiger partial charge on any atom is 0.411 e. The van der Waals surface area contributed by atoms with Crippen LogP contribution in [0.15, 0.2) is 36.5 Å². The van der Waals surface area contributed by atoms with Crippen LogP contribution < -0.4 is 20.9 Å². The van der Waals surface area contributed by atoms with Crippen molar-refractivity contribution < 1.29 is 14.3 Å². The Hall–Kier alpha value is -3.90. The lowest BCUT2D eigenvalue weighted by Gasteiger charge is -2.33. The molecule has 0 radical (unpaired) electrons. The minimum absolute atomic E-state index is 0.0675. The van der Waals surface area contributed by atoms with E-state index < -0.39 is 6.23 Å². The van der Waals surface area contributed by atoms with Gasteiger partial charge in [0.2, 0.25) is 5.91 Å². The van der Waals surface area contributed by atoms with Crippen LogP contribution in [0.4, 0.5) is 27.8 Å². The molecule has 3 aromatic rings. The molecule has 6 rings (SSSR count). The van der Waals surface area contributed by atoms with E-state index in [4.69, 9.17) is 9.72 Å². The summed E-state index contributed by atoms with van der Waals surface area (Å²) in [7, 11) is 1.82. The number of benzene rings is 1. The lowest BCUT2D eigenvalue weighted by atomic mass is 9.99. The standard InChI is InChI=1S/C31H43N9O3/c1-21-11-16-39(17-12-21)20-28(41)35-26-7-8-27(34-23-5-6-25-22(18-23)19-33-37-25)36-30(26)40-15-3-4-29(40)43-31(42)38(2)24-9-13-32-14-10-24/h5-8,18-19,21,24,29,32H,3-4,9-17,20H2,1-2H3,(H,33,37)(H,34,36)(H,35,41)/t29-/m0/s1. The van der Waals surface area contributed by atoms with E-state index in [1.54, 1.807) is 11.1 Å². The minimum Gasteiger partial charge on any atom is -0.425 e. The highest BCUT2D eigenvalue weighted by Gasteiger charge is 2.33. The second-order valence-electron chi connectivity index (χ2n) is 12.1. The highest BCUT2D eigenvalue weighted by atomic mass is 16.6. The second-order valence-corrected chi connectivity index (χ2v) is 12.1. The number of nitrogens with one attached hydrogen (secondary N) is 4. The summed E-state index contributed by atoms with van der Waals surface area (Å²) in [6.07, 6.45) is 6.57. The molecule has 12 heteroatoms. The normalized spacial score (nSPS) is 20.3. The van der Waals surface area contributed by atoms with Gasteiger partial charge in [0.1, 0.15) is 5.82 Å². The molecular formula is C31H43N9O3. The number of aromatic nitrogens is 3. The first kappa shape index (κ1) is 29.2. The second kappa shape index (κ2) is 13.2. The van der Waals surface area contributed by atoms with Crippen molar-refractivity contribution in [2.24, 2.45) is 5.92 Å². The number of ether oxygens (including phenoxy) is 1. The van der Waals surface area contributed by atoms with E-state index >= 15 is 0 Å². The first-order valence-electron chi connectivity index (χ1n) is 15.6.